The van der Waals surface area contributed by atoms with Crippen LogP contribution >= 0.6 is 0 Å². The number of aromatic nitrogens is 2. The van der Waals surface area contributed by atoms with Gasteiger partial charge in [-0.15, -0.1) is 0 Å². The lowest BCUT2D eigenvalue weighted by molar-refractivity contribution is -0.0203. The van der Waals surface area contributed by atoms with Crippen LogP contribution in [0, 0.1) is 11.3 Å². The fourth-order valence-corrected chi connectivity index (χ4v) is 2.08. The maximum atomic E-state index is 5.75. The molecule has 0 saturated carbocycles. The van der Waals surface area contributed by atoms with E-state index < -0.39 is 0 Å². The number of hydrogen-bond donors (Lipinski definition) is 1. The molecule has 2 heterocycles. The Morgan fingerprint density at radius 1 is 1.44 bits per heavy atom. The van der Waals surface area contributed by atoms with Crippen molar-refractivity contribution in [3.8, 4) is 0 Å². The van der Waals surface area contributed by atoms with Crippen LogP contribution in [0.15, 0.2) is 4.52 Å². The molecule has 5 nitrogen and oxygen atoms in total. The Labute approximate surface area is 108 Å². The monoisotopic (exact) mass is 253 g/mol. The van der Waals surface area contributed by atoms with E-state index in [0.717, 1.165) is 25.4 Å². The van der Waals surface area contributed by atoms with Gasteiger partial charge in [0, 0.05) is 13.0 Å². The fraction of sp³-hybridized carbons (Fsp3) is 0.846. The molecule has 1 aliphatic heterocycles. The van der Waals surface area contributed by atoms with E-state index in [1.807, 2.05) is 6.92 Å². The maximum absolute atomic E-state index is 5.75. The molecule has 1 aliphatic rings. The highest BCUT2D eigenvalue weighted by atomic mass is 16.5. The van der Waals surface area contributed by atoms with Gasteiger partial charge in [0.25, 0.3) is 0 Å². The normalized spacial score (nSPS) is 18.7. The molecule has 0 radical (unpaired) electrons. The molecular weight excluding hydrogens is 230 g/mol. The molecule has 1 saturated heterocycles. The van der Waals surface area contributed by atoms with Gasteiger partial charge in [0.2, 0.25) is 11.7 Å². The Kier molecular flexibility index (Phi) is 4.02. The molecule has 1 fully saturated rings. The van der Waals surface area contributed by atoms with E-state index in [0.29, 0.717) is 18.3 Å². The highest BCUT2D eigenvalue weighted by Crippen LogP contribution is 2.34. The molecule has 2 rings (SSSR count). The second-order valence-electron chi connectivity index (χ2n) is 5.98. The maximum Gasteiger partial charge on any atom is 0.227 e. The van der Waals surface area contributed by atoms with Gasteiger partial charge in [-0.05, 0) is 31.3 Å². The van der Waals surface area contributed by atoms with Crippen molar-refractivity contribution in [2.45, 2.75) is 40.2 Å². The van der Waals surface area contributed by atoms with Gasteiger partial charge in [-0.1, -0.05) is 25.9 Å². The van der Waals surface area contributed by atoms with Crippen LogP contribution in [0.4, 0.5) is 0 Å². The zero-order valence-corrected chi connectivity index (χ0v) is 11.7. The van der Waals surface area contributed by atoms with E-state index in [1.54, 1.807) is 0 Å². The first-order valence-electron chi connectivity index (χ1n) is 6.65. The van der Waals surface area contributed by atoms with Crippen LogP contribution in [0.1, 0.15) is 45.5 Å². The molecule has 102 valence electrons. The largest absolute Gasteiger partial charge is 0.370 e. The third-order valence-corrected chi connectivity index (χ3v) is 3.17. The van der Waals surface area contributed by atoms with Crippen LogP contribution in [0.3, 0.4) is 0 Å². The summed E-state index contributed by atoms with van der Waals surface area (Å²) in [5.74, 6) is 2.04. The molecule has 0 amide bonds. The third-order valence-electron chi connectivity index (χ3n) is 3.17. The molecule has 1 aromatic rings. The number of rotatable bonds is 5. The third kappa shape index (κ3) is 3.09. The highest BCUT2D eigenvalue weighted by Gasteiger charge is 2.31. The highest BCUT2D eigenvalue weighted by molar-refractivity contribution is 4.98. The van der Waals surface area contributed by atoms with Crippen molar-refractivity contribution in [3.05, 3.63) is 11.7 Å². The van der Waals surface area contributed by atoms with Crippen molar-refractivity contribution in [3.63, 3.8) is 0 Å². The van der Waals surface area contributed by atoms with Crippen molar-refractivity contribution in [2.24, 2.45) is 11.3 Å². The summed E-state index contributed by atoms with van der Waals surface area (Å²) < 4.78 is 11.1. The fourth-order valence-electron chi connectivity index (χ4n) is 2.08. The minimum atomic E-state index is -0.112. The van der Waals surface area contributed by atoms with Crippen molar-refractivity contribution in [1.29, 1.82) is 0 Å². The molecular formula is C13H23N3O2. The Hall–Kier alpha value is -0.940. The second kappa shape index (κ2) is 5.36. The van der Waals surface area contributed by atoms with Gasteiger partial charge in [-0.2, -0.15) is 4.98 Å². The summed E-state index contributed by atoms with van der Waals surface area (Å²) in [7, 11) is 0. The first-order valence-corrected chi connectivity index (χ1v) is 6.65. The zero-order valence-electron chi connectivity index (χ0n) is 11.7. The Morgan fingerprint density at radius 2 is 2.17 bits per heavy atom. The lowest BCUT2D eigenvalue weighted by Crippen LogP contribution is -2.43. The number of nitrogens with zero attached hydrogens (tertiary/aromatic N) is 2. The number of nitrogens with one attached hydrogen (secondary N) is 1. The number of hydrogen-bond acceptors (Lipinski definition) is 5. The number of ether oxygens (including phenoxy) is 1. The summed E-state index contributed by atoms with van der Waals surface area (Å²) in [6.07, 6.45) is 0.753. The van der Waals surface area contributed by atoms with E-state index >= 15 is 0 Å². The summed E-state index contributed by atoms with van der Waals surface area (Å²) in [4.78, 5) is 4.49. The first kappa shape index (κ1) is 13.5. The lowest BCUT2D eigenvalue weighted by atomic mass is 9.88. The molecule has 1 unspecified atom stereocenters. The molecule has 0 aromatic carbocycles. The van der Waals surface area contributed by atoms with Gasteiger partial charge in [0.15, 0.2) is 0 Å². The Morgan fingerprint density at radius 3 is 2.67 bits per heavy atom. The molecule has 18 heavy (non-hydrogen) atoms. The quantitative estimate of drug-likeness (QED) is 0.869. The van der Waals surface area contributed by atoms with Crippen molar-refractivity contribution < 1.29 is 9.26 Å². The van der Waals surface area contributed by atoms with Gasteiger partial charge in [-0.3, -0.25) is 0 Å². The van der Waals surface area contributed by atoms with E-state index in [9.17, 15) is 0 Å². The van der Waals surface area contributed by atoms with Crippen LogP contribution in [-0.2, 0) is 11.2 Å². The smallest absolute Gasteiger partial charge is 0.227 e. The lowest BCUT2D eigenvalue weighted by Gasteiger charge is -2.27. The molecule has 1 N–H and O–H groups in total. The average Bonchev–Trinajstić information content (AvgIpc) is 2.66. The first-order chi connectivity index (χ1) is 8.50. The predicted molar refractivity (Wildman–Crippen MR) is 68.2 cm³/mol. The van der Waals surface area contributed by atoms with Crippen LogP contribution in [0.25, 0.3) is 0 Å². The van der Waals surface area contributed by atoms with E-state index in [-0.39, 0.29) is 11.5 Å². The predicted octanol–water partition coefficient (Wildman–Crippen LogP) is 1.96. The molecule has 1 aromatic heterocycles. The van der Waals surface area contributed by atoms with Crippen LogP contribution in [0.2, 0.25) is 0 Å². The second-order valence-corrected chi connectivity index (χ2v) is 5.98. The SMILES string of the molecule is CCOC(c1noc(CC2CNC2)n1)C(C)(C)C. The van der Waals surface area contributed by atoms with Crippen LogP contribution < -0.4 is 5.32 Å². The minimum absolute atomic E-state index is 0.0326. The molecule has 0 spiro atoms. The van der Waals surface area contributed by atoms with Crippen LogP contribution in [0.5, 0.6) is 0 Å². The molecule has 0 aliphatic carbocycles. The summed E-state index contributed by atoms with van der Waals surface area (Å²) in [6.45, 7) is 11.1. The van der Waals surface area contributed by atoms with E-state index in [4.69, 9.17) is 9.26 Å². The summed E-state index contributed by atoms with van der Waals surface area (Å²) >= 11 is 0. The standard InChI is InChI=1S/C13H23N3O2/c1-5-17-11(13(2,3)4)12-15-10(18-16-12)6-9-7-14-8-9/h9,11,14H,5-8H2,1-4H3. The Bertz CT molecular complexity index is 380. The van der Waals surface area contributed by atoms with Gasteiger partial charge >= 0.3 is 0 Å². The topological polar surface area (TPSA) is 60.2 Å². The molecule has 1 atom stereocenters. The average molecular weight is 253 g/mol. The van der Waals surface area contributed by atoms with E-state index in [2.05, 4.69) is 36.2 Å². The van der Waals surface area contributed by atoms with Gasteiger partial charge in [0.1, 0.15) is 6.10 Å². The van der Waals surface area contributed by atoms with Crippen molar-refractivity contribution in [1.82, 2.24) is 15.5 Å². The van der Waals surface area contributed by atoms with Crippen molar-refractivity contribution >= 4 is 0 Å². The van der Waals surface area contributed by atoms with Gasteiger partial charge in [-0.25, -0.2) is 0 Å². The van der Waals surface area contributed by atoms with E-state index in [1.165, 1.54) is 0 Å². The zero-order chi connectivity index (χ0) is 13.2. The summed E-state index contributed by atoms with van der Waals surface area (Å²) in [6, 6.07) is 0. The molecule has 0 bridgehead atoms. The van der Waals surface area contributed by atoms with Crippen LogP contribution in [-0.4, -0.2) is 29.8 Å². The molecule has 5 heteroatoms. The minimum Gasteiger partial charge on any atom is -0.370 e. The summed E-state index contributed by atoms with van der Waals surface area (Å²) in [5.41, 5.74) is -0.0326. The van der Waals surface area contributed by atoms with Crippen molar-refractivity contribution in [2.75, 3.05) is 19.7 Å². The van der Waals surface area contributed by atoms with Gasteiger partial charge < -0.3 is 14.6 Å². The summed E-state index contributed by atoms with van der Waals surface area (Å²) in [5, 5.41) is 7.32. The van der Waals surface area contributed by atoms with Gasteiger partial charge in [0.05, 0.1) is 0 Å². The Balaban J connectivity index is 2.05.